The van der Waals surface area contributed by atoms with E-state index in [4.69, 9.17) is 14.2 Å². The smallest absolute Gasteiger partial charge is 0.417 e. The van der Waals surface area contributed by atoms with Gasteiger partial charge in [0.25, 0.3) is 5.91 Å². The van der Waals surface area contributed by atoms with Crippen molar-refractivity contribution in [2.24, 2.45) is 5.10 Å². The summed E-state index contributed by atoms with van der Waals surface area (Å²) in [6.45, 7) is 4.20. The van der Waals surface area contributed by atoms with Crippen LogP contribution < -0.4 is 14.9 Å². The summed E-state index contributed by atoms with van der Waals surface area (Å²) in [6.07, 6.45) is -2.25. The summed E-state index contributed by atoms with van der Waals surface area (Å²) in [5, 5.41) is 3.98. The maximum Gasteiger partial charge on any atom is 0.417 e. The standard InChI is InChI=1S/C21H23F3N4O4/c1-2-31-18-11-15(12-26-27-19-6-4-16(13-25-19)21(22,23)24)3-5-17(18)32-14-20(29)28-7-9-30-10-8-28/h3-6,11-13H,2,7-10,14H2,1H3,(H,25,27)/b26-12+. The summed E-state index contributed by atoms with van der Waals surface area (Å²) in [7, 11) is 0. The largest absolute Gasteiger partial charge is 0.490 e. The Kier molecular flexibility index (Phi) is 7.87. The predicted molar refractivity (Wildman–Crippen MR) is 111 cm³/mol. The molecule has 8 nitrogen and oxygen atoms in total. The number of carbonyl (C=O) groups is 1. The maximum absolute atomic E-state index is 12.6. The van der Waals surface area contributed by atoms with E-state index in [2.05, 4.69) is 15.5 Å². The van der Waals surface area contributed by atoms with E-state index in [0.717, 1.165) is 12.3 Å². The number of ether oxygens (including phenoxy) is 3. The van der Waals surface area contributed by atoms with Gasteiger partial charge in [-0.1, -0.05) is 0 Å². The Morgan fingerprint density at radius 1 is 1.22 bits per heavy atom. The zero-order chi connectivity index (χ0) is 23.0. The number of rotatable bonds is 8. The lowest BCUT2D eigenvalue weighted by atomic mass is 10.2. The van der Waals surface area contributed by atoms with Crippen molar-refractivity contribution in [1.82, 2.24) is 9.88 Å². The minimum Gasteiger partial charge on any atom is -0.490 e. The molecule has 0 radical (unpaired) electrons. The first kappa shape index (κ1) is 23.3. The Morgan fingerprint density at radius 3 is 2.66 bits per heavy atom. The number of nitrogens with one attached hydrogen (secondary N) is 1. The van der Waals surface area contributed by atoms with Crippen molar-refractivity contribution in [3.63, 3.8) is 0 Å². The lowest BCUT2D eigenvalue weighted by Crippen LogP contribution is -2.43. The fraction of sp³-hybridized carbons (Fsp3) is 0.381. The van der Waals surface area contributed by atoms with Crippen molar-refractivity contribution in [1.29, 1.82) is 0 Å². The van der Waals surface area contributed by atoms with Gasteiger partial charge in [-0.05, 0) is 42.8 Å². The molecule has 2 heterocycles. The number of pyridine rings is 1. The molecule has 3 rings (SSSR count). The first-order chi connectivity index (χ1) is 15.4. The molecule has 0 unspecified atom stereocenters. The van der Waals surface area contributed by atoms with Crippen LogP contribution in [0.2, 0.25) is 0 Å². The van der Waals surface area contributed by atoms with Crippen molar-refractivity contribution in [3.05, 3.63) is 47.7 Å². The summed E-state index contributed by atoms with van der Waals surface area (Å²) in [5.41, 5.74) is 2.39. The zero-order valence-corrected chi connectivity index (χ0v) is 17.4. The number of amides is 1. The average Bonchev–Trinajstić information content (AvgIpc) is 2.79. The molecular weight excluding hydrogens is 429 g/mol. The van der Waals surface area contributed by atoms with Crippen LogP contribution in [0.1, 0.15) is 18.1 Å². The maximum atomic E-state index is 12.6. The third-order valence-electron chi connectivity index (χ3n) is 4.47. The Hall–Kier alpha value is -3.34. The third kappa shape index (κ3) is 6.58. The zero-order valence-electron chi connectivity index (χ0n) is 17.4. The van der Waals surface area contributed by atoms with E-state index in [1.807, 2.05) is 6.92 Å². The molecule has 1 fully saturated rings. The van der Waals surface area contributed by atoms with Gasteiger partial charge in [0.05, 0.1) is 31.6 Å². The van der Waals surface area contributed by atoms with Crippen LogP contribution in [0.5, 0.6) is 11.5 Å². The molecule has 0 saturated carbocycles. The fourth-order valence-corrected chi connectivity index (χ4v) is 2.84. The normalized spacial score (nSPS) is 14.4. The Morgan fingerprint density at radius 2 is 2.00 bits per heavy atom. The highest BCUT2D eigenvalue weighted by Gasteiger charge is 2.30. The molecule has 1 amide bonds. The minimum absolute atomic E-state index is 0.116. The molecule has 0 aliphatic carbocycles. The molecule has 2 aromatic rings. The molecule has 1 aromatic heterocycles. The van der Waals surface area contributed by atoms with Crippen molar-refractivity contribution in [2.75, 3.05) is 44.9 Å². The lowest BCUT2D eigenvalue weighted by molar-refractivity contribution is -0.138. The molecule has 1 aliphatic heterocycles. The van der Waals surface area contributed by atoms with Crippen LogP contribution in [0.15, 0.2) is 41.6 Å². The van der Waals surface area contributed by atoms with E-state index in [1.165, 1.54) is 12.3 Å². The average molecular weight is 452 g/mol. The SMILES string of the molecule is CCOc1cc(/C=N/Nc2ccc(C(F)(F)F)cn2)ccc1OCC(=O)N1CCOCC1. The lowest BCUT2D eigenvalue weighted by Gasteiger charge is -2.26. The van der Waals surface area contributed by atoms with E-state index in [9.17, 15) is 18.0 Å². The predicted octanol–water partition coefficient (Wildman–Crippen LogP) is 3.18. The molecule has 0 atom stereocenters. The fourth-order valence-electron chi connectivity index (χ4n) is 2.84. The van der Waals surface area contributed by atoms with E-state index >= 15 is 0 Å². The number of nitrogens with zero attached hydrogens (tertiary/aromatic N) is 3. The van der Waals surface area contributed by atoms with Crippen LogP contribution in [-0.4, -0.2) is 61.5 Å². The van der Waals surface area contributed by atoms with Crippen LogP contribution in [0, 0.1) is 0 Å². The number of carbonyl (C=O) groups excluding carboxylic acids is 1. The number of alkyl halides is 3. The van der Waals surface area contributed by atoms with E-state index in [-0.39, 0.29) is 18.3 Å². The van der Waals surface area contributed by atoms with Gasteiger partial charge < -0.3 is 19.1 Å². The van der Waals surface area contributed by atoms with Gasteiger partial charge in [0.2, 0.25) is 0 Å². The van der Waals surface area contributed by atoms with E-state index in [1.54, 1.807) is 23.1 Å². The van der Waals surface area contributed by atoms with Gasteiger partial charge in [-0.3, -0.25) is 10.2 Å². The Bertz CT molecular complexity index is 930. The van der Waals surface area contributed by atoms with Gasteiger partial charge in [-0.2, -0.15) is 18.3 Å². The topological polar surface area (TPSA) is 85.3 Å². The van der Waals surface area contributed by atoms with Crippen LogP contribution in [0.3, 0.4) is 0 Å². The minimum atomic E-state index is -4.44. The molecular formula is C21H23F3N4O4. The summed E-state index contributed by atoms with van der Waals surface area (Å²) >= 11 is 0. The number of halogens is 3. The number of morpholine rings is 1. The van der Waals surface area contributed by atoms with Crippen LogP contribution >= 0.6 is 0 Å². The monoisotopic (exact) mass is 452 g/mol. The van der Waals surface area contributed by atoms with Crippen molar-refractivity contribution in [3.8, 4) is 11.5 Å². The van der Waals surface area contributed by atoms with Gasteiger partial charge in [-0.15, -0.1) is 0 Å². The molecule has 1 N–H and O–H groups in total. The number of hydrogen-bond acceptors (Lipinski definition) is 7. The number of anilines is 1. The van der Waals surface area contributed by atoms with Crippen molar-refractivity contribution >= 4 is 17.9 Å². The molecule has 1 aromatic carbocycles. The summed E-state index contributed by atoms with van der Waals surface area (Å²) in [6, 6.07) is 7.16. The summed E-state index contributed by atoms with van der Waals surface area (Å²) in [4.78, 5) is 17.6. The highest BCUT2D eigenvalue weighted by Crippen LogP contribution is 2.29. The second-order valence-corrected chi connectivity index (χ2v) is 6.72. The first-order valence-electron chi connectivity index (χ1n) is 9.94. The molecule has 172 valence electrons. The second kappa shape index (κ2) is 10.8. The van der Waals surface area contributed by atoms with Gasteiger partial charge in [0.1, 0.15) is 5.82 Å². The number of aromatic nitrogens is 1. The highest BCUT2D eigenvalue weighted by atomic mass is 19.4. The van der Waals surface area contributed by atoms with Gasteiger partial charge in [0.15, 0.2) is 18.1 Å². The third-order valence-corrected chi connectivity index (χ3v) is 4.47. The molecule has 0 bridgehead atoms. The molecule has 1 saturated heterocycles. The van der Waals surface area contributed by atoms with Gasteiger partial charge in [0, 0.05) is 19.3 Å². The molecule has 0 spiro atoms. The van der Waals surface area contributed by atoms with Crippen LogP contribution in [-0.2, 0) is 15.7 Å². The van der Waals surface area contributed by atoms with E-state index in [0.29, 0.717) is 50.0 Å². The van der Waals surface area contributed by atoms with Crippen LogP contribution in [0.25, 0.3) is 0 Å². The first-order valence-corrected chi connectivity index (χ1v) is 9.94. The summed E-state index contributed by atoms with van der Waals surface area (Å²) < 4.78 is 54.2. The van der Waals surface area contributed by atoms with Gasteiger partial charge in [-0.25, -0.2) is 4.98 Å². The summed E-state index contributed by atoms with van der Waals surface area (Å²) in [5.74, 6) is 0.900. The van der Waals surface area contributed by atoms with Crippen molar-refractivity contribution < 1.29 is 32.2 Å². The molecule has 1 aliphatic rings. The number of hydrazone groups is 1. The second-order valence-electron chi connectivity index (χ2n) is 6.72. The van der Waals surface area contributed by atoms with Crippen molar-refractivity contribution in [2.45, 2.75) is 13.1 Å². The van der Waals surface area contributed by atoms with Gasteiger partial charge >= 0.3 is 6.18 Å². The molecule has 11 heteroatoms. The number of benzene rings is 1. The molecule has 32 heavy (non-hydrogen) atoms. The quantitative estimate of drug-likeness (QED) is 0.489. The number of hydrogen-bond donors (Lipinski definition) is 1. The highest BCUT2D eigenvalue weighted by molar-refractivity contribution is 5.81. The van der Waals surface area contributed by atoms with Crippen LogP contribution in [0.4, 0.5) is 19.0 Å². The Balaban J connectivity index is 1.60. The van der Waals surface area contributed by atoms with E-state index < -0.39 is 11.7 Å². The Labute approximate surface area is 183 Å².